The molecule has 1 amide bonds. The smallest absolute Gasteiger partial charge is 0.261 e. The van der Waals surface area contributed by atoms with E-state index in [2.05, 4.69) is 20.2 Å². The van der Waals surface area contributed by atoms with Gasteiger partial charge in [0.05, 0.1) is 10.3 Å². The summed E-state index contributed by atoms with van der Waals surface area (Å²) in [5, 5.41) is 3.87. The highest BCUT2D eigenvalue weighted by atomic mass is 32.1. The summed E-state index contributed by atoms with van der Waals surface area (Å²) in [6, 6.07) is 6.26. The van der Waals surface area contributed by atoms with Crippen LogP contribution in [0.25, 0.3) is 10.2 Å². The van der Waals surface area contributed by atoms with Crippen LogP contribution in [0.4, 0.5) is 10.2 Å². The molecule has 1 fully saturated rings. The molecule has 0 spiro atoms. The summed E-state index contributed by atoms with van der Waals surface area (Å²) in [4.78, 5) is 25.5. The maximum Gasteiger partial charge on any atom is 0.261 e. The van der Waals surface area contributed by atoms with E-state index in [4.69, 9.17) is 0 Å². The molecule has 0 atom stereocenters. The van der Waals surface area contributed by atoms with E-state index in [-0.39, 0.29) is 18.3 Å². The van der Waals surface area contributed by atoms with Crippen molar-refractivity contribution in [2.75, 3.05) is 18.0 Å². The van der Waals surface area contributed by atoms with Gasteiger partial charge < -0.3 is 10.2 Å². The summed E-state index contributed by atoms with van der Waals surface area (Å²) >= 11 is 1.39. The first-order valence-electron chi connectivity index (χ1n) is 9.65. The fourth-order valence-electron chi connectivity index (χ4n) is 3.70. The van der Waals surface area contributed by atoms with E-state index in [9.17, 15) is 9.18 Å². The zero-order valence-electron chi connectivity index (χ0n) is 15.9. The van der Waals surface area contributed by atoms with Crippen molar-refractivity contribution in [1.29, 1.82) is 0 Å². The maximum atomic E-state index is 13.3. The molecule has 1 N–H and O–H groups in total. The van der Waals surface area contributed by atoms with Crippen molar-refractivity contribution in [2.45, 2.75) is 39.2 Å². The van der Waals surface area contributed by atoms with Crippen molar-refractivity contribution < 1.29 is 9.18 Å². The topological polar surface area (TPSA) is 58.1 Å². The fraction of sp³-hybridized carbons (Fsp3) is 0.381. The minimum atomic E-state index is -0.304. The number of nitrogens with zero attached hydrogens (tertiary/aromatic N) is 3. The molecular weight excluding hydrogens is 375 g/mol. The summed E-state index contributed by atoms with van der Waals surface area (Å²) in [6.07, 6.45) is 6.42. The highest BCUT2D eigenvalue weighted by Gasteiger charge is 2.22. The molecule has 0 unspecified atom stereocenters. The van der Waals surface area contributed by atoms with E-state index in [1.54, 1.807) is 18.5 Å². The fourth-order valence-corrected chi connectivity index (χ4v) is 4.76. The van der Waals surface area contributed by atoms with Gasteiger partial charge in [-0.3, -0.25) is 4.79 Å². The van der Waals surface area contributed by atoms with Crippen LogP contribution in [0.5, 0.6) is 0 Å². The second kappa shape index (κ2) is 8.22. The third-order valence-electron chi connectivity index (χ3n) is 5.16. The molecule has 3 aromatic rings. The third kappa shape index (κ3) is 3.85. The molecule has 0 aliphatic carbocycles. The van der Waals surface area contributed by atoms with Crippen molar-refractivity contribution in [1.82, 2.24) is 15.3 Å². The molecule has 1 aliphatic heterocycles. The Balaban J connectivity index is 1.60. The van der Waals surface area contributed by atoms with Crippen LogP contribution >= 0.6 is 11.3 Å². The molecule has 28 heavy (non-hydrogen) atoms. The predicted molar refractivity (Wildman–Crippen MR) is 110 cm³/mol. The summed E-state index contributed by atoms with van der Waals surface area (Å²) in [5.41, 5.74) is 1.65. The molecule has 2 aromatic heterocycles. The standard InChI is InChI=1S/C21H23FN4OS/c1-14-17-19(26-9-4-2-3-5-10-26)24-13-25-21(17)28-18(14)20(27)23-12-15-7-6-8-16(22)11-15/h6-8,11,13H,2-5,9-10,12H2,1H3,(H,23,27). The lowest BCUT2D eigenvalue weighted by atomic mass is 10.1. The van der Waals surface area contributed by atoms with Crippen LogP contribution < -0.4 is 10.2 Å². The van der Waals surface area contributed by atoms with Crippen LogP contribution in [-0.2, 0) is 6.54 Å². The molecule has 7 heteroatoms. The number of thiophene rings is 1. The first-order valence-corrected chi connectivity index (χ1v) is 10.5. The Morgan fingerprint density at radius 1 is 1.21 bits per heavy atom. The number of rotatable bonds is 4. The number of amides is 1. The van der Waals surface area contributed by atoms with Gasteiger partial charge in [-0.15, -0.1) is 11.3 Å². The molecule has 3 heterocycles. The second-order valence-corrected chi connectivity index (χ2v) is 8.15. The van der Waals surface area contributed by atoms with Gasteiger partial charge in [-0.25, -0.2) is 14.4 Å². The molecule has 4 rings (SSSR count). The SMILES string of the molecule is Cc1c(C(=O)NCc2cccc(F)c2)sc2ncnc(N3CCCCCC3)c12. The van der Waals surface area contributed by atoms with Crippen LogP contribution in [-0.4, -0.2) is 29.0 Å². The predicted octanol–water partition coefficient (Wildman–Crippen LogP) is 4.45. The average Bonchev–Trinajstić information content (AvgIpc) is 2.87. The van der Waals surface area contributed by atoms with Crippen molar-refractivity contribution in [3.05, 3.63) is 52.4 Å². The zero-order chi connectivity index (χ0) is 19.5. The van der Waals surface area contributed by atoms with Crippen LogP contribution in [0.1, 0.15) is 46.5 Å². The van der Waals surface area contributed by atoms with E-state index < -0.39 is 0 Å². The van der Waals surface area contributed by atoms with E-state index in [0.717, 1.165) is 53.1 Å². The number of carbonyl (C=O) groups is 1. The summed E-state index contributed by atoms with van der Waals surface area (Å²) in [7, 11) is 0. The number of nitrogens with one attached hydrogen (secondary N) is 1. The van der Waals surface area contributed by atoms with Crippen molar-refractivity contribution in [3.63, 3.8) is 0 Å². The lowest BCUT2D eigenvalue weighted by molar-refractivity contribution is 0.0954. The second-order valence-electron chi connectivity index (χ2n) is 7.15. The number of aromatic nitrogens is 2. The summed E-state index contributed by atoms with van der Waals surface area (Å²) in [6.45, 7) is 4.22. The number of carbonyl (C=O) groups excluding carboxylic acids is 1. The highest BCUT2D eigenvalue weighted by molar-refractivity contribution is 7.20. The lowest BCUT2D eigenvalue weighted by Crippen LogP contribution is -2.25. The minimum absolute atomic E-state index is 0.161. The highest BCUT2D eigenvalue weighted by Crippen LogP contribution is 2.35. The molecule has 0 bridgehead atoms. The number of benzene rings is 1. The molecular formula is C21H23FN4OS. The van der Waals surface area contributed by atoms with Gasteiger partial charge in [-0.1, -0.05) is 25.0 Å². The van der Waals surface area contributed by atoms with Gasteiger partial charge in [0.25, 0.3) is 5.91 Å². The Labute approximate surface area is 167 Å². The van der Waals surface area contributed by atoms with Gasteiger partial charge in [0, 0.05) is 19.6 Å². The van der Waals surface area contributed by atoms with E-state index in [1.807, 2.05) is 6.92 Å². The number of halogens is 1. The van der Waals surface area contributed by atoms with Gasteiger partial charge >= 0.3 is 0 Å². The number of aryl methyl sites for hydroxylation is 1. The Kier molecular flexibility index (Phi) is 5.52. The molecule has 1 aromatic carbocycles. The largest absolute Gasteiger partial charge is 0.356 e. The van der Waals surface area contributed by atoms with E-state index in [0.29, 0.717) is 4.88 Å². The zero-order valence-corrected chi connectivity index (χ0v) is 16.7. The monoisotopic (exact) mass is 398 g/mol. The molecule has 0 saturated carbocycles. The van der Waals surface area contributed by atoms with Crippen molar-refractivity contribution in [2.24, 2.45) is 0 Å². The maximum absolute atomic E-state index is 13.3. The van der Waals surface area contributed by atoms with E-state index >= 15 is 0 Å². The van der Waals surface area contributed by atoms with Crippen LogP contribution in [0.3, 0.4) is 0 Å². The lowest BCUT2D eigenvalue weighted by Gasteiger charge is -2.22. The number of hydrogen-bond acceptors (Lipinski definition) is 5. The van der Waals surface area contributed by atoms with Crippen LogP contribution in [0.2, 0.25) is 0 Å². The quantitative estimate of drug-likeness (QED) is 0.705. The Bertz CT molecular complexity index is 995. The molecule has 1 saturated heterocycles. The Hall–Kier alpha value is -2.54. The van der Waals surface area contributed by atoms with Crippen LogP contribution in [0.15, 0.2) is 30.6 Å². The van der Waals surface area contributed by atoms with Gasteiger partial charge in [0.15, 0.2) is 0 Å². The number of anilines is 1. The van der Waals surface area contributed by atoms with Crippen molar-refractivity contribution >= 4 is 33.3 Å². The van der Waals surface area contributed by atoms with Crippen molar-refractivity contribution in [3.8, 4) is 0 Å². The first kappa shape index (κ1) is 18.8. The Morgan fingerprint density at radius 2 is 2.00 bits per heavy atom. The molecule has 0 radical (unpaired) electrons. The number of fused-ring (bicyclic) bond motifs is 1. The molecule has 5 nitrogen and oxygen atoms in total. The molecule has 1 aliphatic rings. The minimum Gasteiger partial charge on any atom is -0.356 e. The normalized spacial score (nSPS) is 14.9. The van der Waals surface area contributed by atoms with Crippen LogP contribution in [0, 0.1) is 12.7 Å². The third-order valence-corrected chi connectivity index (χ3v) is 6.36. The summed E-state index contributed by atoms with van der Waals surface area (Å²) in [5.74, 6) is 0.471. The average molecular weight is 399 g/mol. The molecule has 146 valence electrons. The van der Waals surface area contributed by atoms with Gasteiger partial charge in [0.2, 0.25) is 0 Å². The van der Waals surface area contributed by atoms with Gasteiger partial charge in [-0.05, 0) is 43.0 Å². The van der Waals surface area contributed by atoms with Gasteiger partial charge in [-0.2, -0.15) is 0 Å². The number of hydrogen-bond donors (Lipinski definition) is 1. The Morgan fingerprint density at radius 3 is 2.75 bits per heavy atom. The first-order chi connectivity index (χ1) is 13.6. The summed E-state index contributed by atoms with van der Waals surface area (Å²) < 4.78 is 13.3. The van der Waals surface area contributed by atoms with E-state index in [1.165, 1.54) is 36.3 Å². The van der Waals surface area contributed by atoms with Gasteiger partial charge in [0.1, 0.15) is 22.8 Å².